The van der Waals surface area contributed by atoms with Crippen molar-refractivity contribution in [1.29, 1.82) is 0 Å². The highest BCUT2D eigenvalue weighted by Crippen LogP contribution is 2.16. The lowest BCUT2D eigenvalue weighted by Gasteiger charge is -2.19. The van der Waals surface area contributed by atoms with Crippen molar-refractivity contribution in [3.63, 3.8) is 0 Å². The molecule has 0 bridgehead atoms. The van der Waals surface area contributed by atoms with Crippen LogP contribution in [0.4, 0.5) is 0 Å². The quantitative estimate of drug-likeness (QED) is 0.0406. The van der Waals surface area contributed by atoms with Crippen LogP contribution in [0.2, 0.25) is 0 Å². The summed E-state index contributed by atoms with van der Waals surface area (Å²) in [4.78, 5) is 0. The maximum absolute atomic E-state index is 6.23. The average molecular weight is 597 g/mol. The summed E-state index contributed by atoms with van der Waals surface area (Å²) in [5.74, 6) is 0. The molecule has 0 radical (unpaired) electrons. The molecule has 0 N–H and O–H groups in total. The summed E-state index contributed by atoms with van der Waals surface area (Å²) in [6.07, 6.45) is 42.5. The molecule has 252 valence electrons. The van der Waals surface area contributed by atoms with E-state index in [4.69, 9.17) is 18.9 Å². The van der Waals surface area contributed by atoms with Crippen LogP contribution >= 0.6 is 0 Å². The molecule has 0 fully saturated rings. The Balaban J connectivity index is 3.72. The summed E-state index contributed by atoms with van der Waals surface area (Å²) in [7, 11) is 1.65. The Morgan fingerprint density at radius 1 is 0.452 bits per heavy atom. The lowest BCUT2D eigenvalue weighted by atomic mass is 10.0. The number of rotatable bonds is 37. The molecular formula is C38H76O4. The number of hydrogen-bond donors (Lipinski definition) is 0. The maximum Gasteiger partial charge on any atom is 0.187 e. The van der Waals surface area contributed by atoms with E-state index in [9.17, 15) is 0 Å². The predicted octanol–water partition coefficient (Wildman–Crippen LogP) is 12.8. The van der Waals surface area contributed by atoms with Gasteiger partial charge in [0.15, 0.2) is 13.1 Å². The van der Waals surface area contributed by atoms with Gasteiger partial charge in [-0.25, -0.2) is 0 Å². The fraction of sp³-hybridized carbons (Fsp3) is 0.947. The van der Waals surface area contributed by atoms with Gasteiger partial charge in [-0.15, -0.1) is 0 Å². The van der Waals surface area contributed by atoms with Crippen LogP contribution in [0.15, 0.2) is 12.3 Å². The van der Waals surface area contributed by atoms with Crippen LogP contribution in [0.25, 0.3) is 0 Å². The van der Waals surface area contributed by atoms with Crippen LogP contribution in [-0.2, 0) is 18.9 Å². The first-order valence-electron chi connectivity index (χ1n) is 18.8. The van der Waals surface area contributed by atoms with Crippen molar-refractivity contribution >= 4 is 0 Å². The Morgan fingerprint density at radius 2 is 0.833 bits per heavy atom. The monoisotopic (exact) mass is 597 g/mol. The van der Waals surface area contributed by atoms with Crippen molar-refractivity contribution in [3.05, 3.63) is 12.3 Å². The molecule has 0 aromatic carbocycles. The minimum atomic E-state index is 0.0246. The highest BCUT2D eigenvalue weighted by molar-refractivity contribution is 4.72. The minimum absolute atomic E-state index is 0.0246. The summed E-state index contributed by atoms with van der Waals surface area (Å²) < 4.78 is 22.5. The zero-order valence-electron chi connectivity index (χ0n) is 29.0. The van der Waals surface area contributed by atoms with E-state index in [1.54, 1.807) is 13.4 Å². The molecule has 0 spiro atoms. The zero-order chi connectivity index (χ0) is 30.4. The number of unbranched alkanes of at least 4 members (excludes halogenated alkanes) is 25. The van der Waals surface area contributed by atoms with Gasteiger partial charge in [0.25, 0.3) is 0 Å². The second-order valence-electron chi connectivity index (χ2n) is 12.5. The van der Waals surface area contributed by atoms with Gasteiger partial charge in [0.05, 0.1) is 6.26 Å². The van der Waals surface area contributed by atoms with Crippen LogP contribution in [0, 0.1) is 0 Å². The third kappa shape index (κ3) is 35.6. The molecule has 0 aliphatic heterocycles. The normalized spacial score (nSPS) is 11.8. The molecule has 0 saturated carbocycles. The van der Waals surface area contributed by atoms with Gasteiger partial charge in [-0.05, 0) is 44.6 Å². The molecule has 4 heteroatoms. The zero-order valence-corrected chi connectivity index (χ0v) is 29.0. The Hall–Kier alpha value is -0.580. The second kappa shape index (κ2) is 38.4. The largest absolute Gasteiger partial charge is 0.476 e. The van der Waals surface area contributed by atoms with Gasteiger partial charge in [-0.1, -0.05) is 162 Å². The second-order valence-corrected chi connectivity index (χ2v) is 12.5. The summed E-state index contributed by atoms with van der Waals surface area (Å²) in [5, 5.41) is 0. The van der Waals surface area contributed by atoms with E-state index < -0.39 is 0 Å². The van der Waals surface area contributed by atoms with Crippen molar-refractivity contribution in [3.8, 4) is 0 Å². The molecule has 0 amide bonds. The van der Waals surface area contributed by atoms with Crippen molar-refractivity contribution in [2.45, 2.75) is 206 Å². The van der Waals surface area contributed by atoms with E-state index in [1.165, 1.54) is 173 Å². The van der Waals surface area contributed by atoms with E-state index in [0.717, 1.165) is 26.1 Å². The number of allylic oxidation sites excluding steroid dienone is 1. The van der Waals surface area contributed by atoms with Gasteiger partial charge in [0.1, 0.15) is 0 Å². The first kappa shape index (κ1) is 41.4. The van der Waals surface area contributed by atoms with Gasteiger partial charge in [0.2, 0.25) is 0 Å². The fourth-order valence-corrected chi connectivity index (χ4v) is 5.52. The average Bonchev–Trinajstić information content (AvgIpc) is 3.00. The molecule has 0 aromatic heterocycles. The van der Waals surface area contributed by atoms with Crippen molar-refractivity contribution in [1.82, 2.24) is 0 Å². The third-order valence-electron chi connectivity index (χ3n) is 8.29. The molecule has 0 aliphatic carbocycles. The Morgan fingerprint density at radius 3 is 1.26 bits per heavy atom. The van der Waals surface area contributed by atoms with Crippen molar-refractivity contribution in [2.75, 3.05) is 27.1 Å². The summed E-state index contributed by atoms with van der Waals surface area (Å²) in [6.45, 7) is 6.67. The SMILES string of the molecule is CCCCCCCCCOC(CCCCCCCCCCCCCCCC=COCOC)OCCCCCCCCC. The van der Waals surface area contributed by atoms with E-state index >= 15 is 0 Å². The lowest BCUT2D eigenvalue weighted by Crippen LogP contribution is -2.19. The smallest absolute Gasteiger partial charge is 0.187 e. The minimum Gasteiger partial charge on any atom is -0.476 e. The topological polar surface area (TPSA) is 36.9 Å². The van der Waals surface area contributed by atoms with Crippen molar-refractivity contribution < 1.29 is 18.9 Å². The van der Waals surface area contributed by atoms with Crippen molar-refractivity contribution in [2.24, 2.45) is 0 Å². The van der Waals surface area contributed by atoms with E-state index in [1.807, 2.05) is 0 Å². The fourth-order valence-electron chi connectivity index (χ4n) is 5.52. The highest BCUT2D eigenvalue weighted by Gasteiger charge is 2.09. The highest BCUT2D eigenvalue weighted by atomic mass is 16.7. The molecule has 0 unspecified atom stereocenters. The number of hydrogen-bond acceptors (Lipinski definition) is 4. The first-order chi connectivity index (χ1) is 20.8. The Labute approximate surface area is 264 Å². The number of ether oxygens (including phenoxy) is 4. The van der Waals surface area contributed by atoms with Gasteiger partial charge in [-0.3, -0.25) is 0 Å². The molecule has 0 saturated heterocycles. The molecular weight excluding hydrogens is 520 g/mol. The molecule has 4 nitrogen and oxygen atoms in total. The van der Waals surface area contributed by atoms with E-state index in [2.05, 4.69) is 19.9 Å². The van der Waals surface area contributed by atoms with Gasteiger partial charge in [0, 0.05) is 20.3 Å². The van der Waals surface area contributed by atoms with Gasteiger partial charge in [-0.2, -0.15) is 0 Å². The summed E-state index contributed by atoms with van der Waals surface area (Å²) in [6, 6.07) is 0. The number of methoxy groups -OCH3 is 1. The first-order valence-corrected chi connectivity index (χ1v) is 18.8. The van der Waals surface area contributed by atoms with Crippen LogP contribution in [0.1, 0.15) is 200 Å². The van der Waals surface area contributed by atoms with Crippen LogP contribution < -0.4 is 0 Å². The van der Waals surface area contributed by atoms with Gasteiger partial charge < -0.3 is 18.9 Å². The van der Waals surface area contributed by atoms with Crippen LogP contribution in [0.5, 0.6) is 0 Å². The van der Waals surface area contributed by atoms with Gasteiger partial charge >= 0.3 is 0 Å². The Kier molecular flexibility index (Phi) is 37.9. The molecule has 0 heterocycles. The Bertz CT molecular complexity index is 475. The predicted molar refractivity (Wildman–Crippen MR) is 183 cm³/mol. The van der Waals surface area contributed by atoms with Crippen LogP contribution in [-0.4, -0.2) is 33.4 Å². The summed E-state index contributed by atoms with van der Waals surface area (Å²) in [5.41, 5.74) is 0. The maximum atomic E-state index is 6.23. The molecule has 42 heavy (non-hydrogen) atoms. The molecule has 0 rings (SSSR count). The molecule has 0 aromatic rings. The van der Waals surface area contributed by atoms with Crippen LogP contribution in [0.3, 0.4) is 0 Å². The lowest BCUT2D eigenvalue weighted by molar-refractivity contribution is -0.148. The molecule has 0 atom stereocenters. The standard InChI is InChI=1S/C38H76O4/c1-4-6-8-10-22-27-31-35-41-38(42-36-32-28-23-11-9-7-5-2)33-29-25-21-19-17-15-13-12-14-16-18-20-24-26-30-34-40-37-39-3/h30,34,38H,4-29,31-33,35-37H2,1-3H3. The third-order valence-corrected chi connectivity index (χ3v) is 8.29. The molecule has 0 aliphatic rings. The summed E-state index contributed by atoms with van der Waals surface area (Å²) >= 11 is 0. The van der Waals surface area contributed by atoms with E-state index in [-0.39, 0.29) is 6.29 Å². The van der Waals surface area contributed by atoms with E-state index in [0.29, 0.717) is 6.79 Å².